The van der Waals surface area contributed by atoms with Gasteiger partial charge >= 0.3 is 0 Å². The number of hydrogen-bond acceptors (Lipinski definition) is 3. The third kappa shape index (κ3) is 5.72. The average molecular weight is 376 g/mol. The van der Waals surface area contributed by atoms with Gasteiger partial charge in [-0.2, -0.15) is 0 Å². The maximum Gasteiger partial charge on any atom is 0.155 e. The molecule has 0 saturated carbocycles. The molecule has 5 heteroatoms. The van der Waals surface area contributed by atoms with Crippen LogP contribution in [0.25, 0.3) is 0 Å². The fourth-order valence-corrected chi connectivity index (χ4v) is 3.87. The Bertz CT molecular complexity index is 550. The molecule has 1 unspecified atom stereocenters. The van der Waals surface area contributed by atoms with Crippen LogP contribution >= 0.6 is 15.9 Å². The first-order valence-electron chi connectivity index (χ1n) is 7.27. The van der Waals surface area contributed by atoms with Gasteiger partial charge < -0.3 is 5.32 Å². The van der Waals surface area contributed by atoms with Gasteiger partial charge in [-0.25, -0.2) is 8.42 Å². The lowest BCUT2D eigenvalue weighted by atomic mass is 9.97. The SMILES string of the molecule is CNCC(CCS(=O)(=O)C(C)(C)C)Cc1ccccc1Br. The van der Waals surface area contributed by atoms with Crippen LogP contribution in [-0.4, -0.2) is 32.5 Å². The molecule has 3 nitrogen and oxygen atoms in total. The summed E-state index contributed by atoms with van der Waals surface area (Å²) in [7, 11) is -1.14. The molecule has 0 aliphatic heterocycles. The van der Waals surface area contributed by atoms with Crippen molar-refractivity contribution in [3.05, 3.63) is 34.3 Å². The van der Waals surface area contributed by atoms with Gasteiger partial charge in [-0.15, -0.1) is 0 Å². The van der Waals surface area contributed by atoms with Crippen molar-refractivity contribution in [1.29, 1.82) is 0 Å². The highest BCUT2D eigenvalue weighted by atomic mass is 79.9. The first-order chi connectivity index (χ1) is 9.67. The van der Waals surface area contributed by atoms with Gasteiger partial charge in [0.1, 0.15) is 0 Å². The zero-order chi connectivity index (χ0) is 16.1. The highest BCUT2D eigenvalue weighted by Crippen LogP contribution is 2.23. The number of benzene rings is 1. The van der Waals surface area contributed by atoms with E-state index in [0.717, 1.165) is 17.4 Å². The zero-order valence-electron chi connectivity index (χ0n) is 13.3. The van der Waals surface area contributed by atoms with Gasteiger partial charge in [-0.05, 0) is 64.8 Å². The van der Waals surface area contributed by atoms with Gasteiger partial charge in [0.15, 0.2) is 9.84 Å². The second-order valence-corrected chi connectivity index (χ2v) is 10.2. The lowest BCUT2D eigenvalue weighted by Gasteiger charge is -2.22. The number of halogens is 1. The highest BCUT2D eigenvalue weighted by molar-refractivity contribution is 9.10. The summed E-state index contributed by atoms with van der Waals surface area (Å²) in [6.45, 7) is 6.12. The maximum atomic E-state index is 12.3. The van der Waals surface area contributed by atoms with Gasteiger partial charge in [0.25, 0.3) is 0 Å². The van der Waals surface area contributed by atoms with E-state index in [1.165, 1.54) is 5.56 Å². The van der Waals surface area contributed by atoms with Crippen molar-refractivity contribution < 1.29 is 8.42 Å². The molecule has 0 amide bonds. The van der Waals surface area contributed by atoms with Crippen LogP contribution in [0.2, 0.25) is 0 Å². The molecule has 1 atom stereocenters. The third-order valence-electron chi connectivity index (χ3n) is 3.69. The minimum atomic E-state index is -3.05. The van der Waals surface area contributed by atoms with Crippen molar-refractivity contribution in [3.8, 4) is 0 Å². The predicted octanol–water partition coefficient (Wildman–Crippen LogP) is 3.43. The number of hydrogen-bond donors (Lipinski definition) is 1. The van der Waals surface area contributed by atoms with E-state index >= 15 is 0 Å². The molecular weight excluding hydrogens is 350 g/mol. The molecule has 0 radical (unpaired) electrons. The van der Waals surface area contributed by atoms with Crippen molar-refractivity contribution >= 4 is 25.8 Å². The topological polar surface area (TPSA) is 46.2 Å². The van der Waals surface area contributed by atoms with Gasteiger partial charge in [0.05, 0.1) is 10.5 Å². The molecule has 1 aromatic carbocycles. The molecule has 0 aliphatic rings. The Labute approximate surface area is 137 Å². The van der Waals surface area contributed by atoms with E-state index in [-0.39, 0.29) is 5.75 Å². The van der Waals surface area contributed by atoms with Gasteiger partial charge in [-0.1, -0.05) is 34.1 Å². The second kappa shape index (κ2) is 7.75. The highest BCUT2D eigenvalue weighted by Gasteiger charge is 2.29. The molecule has 21 heavy (non-hydrogen) atoms. The third-order valence-corrected chi connectivity index (χ3v) is 7.10. The predicted molar refractivity (Wildman–Crippen MR) is 93.4 cm³/mol. The maximum absolute atomic E-state index is 12.3. The Kier molecular flexibility index (Phi) is 6.88. The molecule has 0 aromatic heterocycles. The van der Waals surface area contributed by atoms with E-state index in [1.54, 1.807) is 20.8 Å². The van der Waals surface area contributed by atoms with Gasteiger partial charge in [0, 0.05) is 4.47 Å². The zero-order valence-corrected chi connectivity index (χ0v) is 15.7. The molecule has 1 N–H and O–H groups in total. The molecule has 0 saturated heterocycles. The van der Waals surface area contributed by atoms with E-state index in [1.807, 2.05) is 25.2 Å². The average Bonchev–Trinajstić information content (AvgIpc) is 2.37. The van der Waals surface area contributed by atoms with E-state index in [2.05, 4.69) is 27.3 Å². The van der Waals surface area contributed by atoms with Crippen molar-refractivity contribution in [2.24, 2.45) is 5.92 Å². The Morgan fingerprint density at radius 1 is 1.24 bits per heavy atom. The normalized spacial score (nSPS) is 14.1. The van der Waals surface area contributed by atoms with E-state index in [4.69, 9.17) is 0 Å². The second-order valence-electron chi connectivity index (χ2n) is 6.44. The molecule has 0 heterocycles. The lowest BCUT2D eigenvalue weighted by Crippen LogP contribution is -2.32. The van der Waals surface area contributed by atoms with Gasteiger partial charge in [0.2, 0.25) is 0 Å². The Hall–Kier alpha value is -0.390. The van der Waals surface area contributed by atoms with Crippen LogP contribution < -0.4 is 5.32 Å². The van der Waals surface area contributed by atoms with Gasteiger partial charge in [-0.3, -0.25) is 0 Å². The summed E-state index contributed by atoms with van der Waals surface area (Å²) in [5.74, 6) is 0.554. The minimum absolute atomic E-state index is 0.243. The summed E-state index contributed by atoms with van der Waals surface area (Å²) in [5.41, 5.74) is 1.23. The number of nitrogens with one attached hydrogen (secondary N) is 1. The largest absolute Gasteiger partial charge is 0.319 e. The Morgan fingerprint density at radius 2 is 1.86 bits per heavy atom. The fraction of sp³-hybridized carbons (Fsp3) is 0.625. The molecule has 0 aliphatic carbocycles. The van der Waals surface area contributed by atoms with Crippen LogP contribution in [0.1, 0.15) is 32.8 Å². The first kappa shape index (κ1) is 18.7. The quantitative estimate of drug-likeness (QED) is 0.793. The summed E-state index contributed by atoms with van der Waals surface area (Å²) in [6, 6.07) is 8.12. The lowest BCUT2D eigenvalue weighted by molar-refractivity contribution is 0.473. The van der Waals surface area contributed by atoms with E-state index in [0.29, 0.717) is 12.3 Å². The molecule has 1 rings (SSSR count). The van der Waals surface area contributed by atoms with Crippen LogP contribution in [0.5, 0.6) is 0 Å². The molecular formula is C16H26BrNO2S. The summed E-state index contributed by atoms with van der Waals surface area (Å²) < 4.78 is 24.9. The molecule has 0 bridgehead atoms. The van der Waals surface area contributed by atoms with Crippen molar-refractivity contribution in [2.75, 3.05) is 19.3 Å². The van der Waals surface area contributed by atoms with Crippen molar-refractivity contribution in [2.45, 2.75) is 38.4 Å². The summed E-state index contributed by atoms with van der Waals surface area (Å²) in [6.07, 6.45) is 1.56. The summed E-state index contributed by atoms with van der Waals surface area (Å²) >= 11 is 3.56. The van der Waals surface area contributed by atoms with E-state index < -0.39 is 14.6 Å². The summed E-state index contributed by atoms with van der Waals surface area (Å²) in [4.78, 5) is 0. The molecule has 0 spiro atoms. The van der Waals surface area contributed by atoms with Crippen LogP contribution in [0, 0.1) is 5.92 Å². The monoisotopic (exact) mass is 375 g/mol. The number of sulfone groups is 1. The molecule has 0 fully saturated rings. The standard InChI is InChI=1S/C16H26BrNO2S/c1-16(2,3)21(19,20)10-9-13(12-18-4)11-14-7-5-6-8-15(14)17/h5-8,13,18H,9-12H2,1-4H3. The van der Waals surface area contributed by atoms with E-state index in [9.17, 15) is 8.42 Å². The van der Waals surface area contributed by atoms with Crippen LogP contribution in [0.3, 0.4) is 0 Å². The van der Waals surface area contributed by atoms with Crippen LogP contribution in [0.4, 0.5) is 0 Å². The smallest absolute Gasteiger partial charge is 0.155 e. The fourth-order valence-electron chi connectivity index (χ4n) is 2.17. The molecule has 1 aromatic rings. The molecule has 120 valence electrons. The van der Waals surface area contributed by atoms with Crippen LogP contribution in [-0.2, 0) is 16.3 Å². The Morgan fingerprint density at radius 3 is 2.38 bits per heavy atom. The Balaban J connectivity index is 2.74. The number of rotatable bonds is 7. The van der Waals surface area contributed by atoms with Crippen molar-refractivity contribution in [1.82, 2.24) is 5.32 Å². The minimum Gasteiger partial charge on any atom is -0.319 e. The first-order valence-corrected chi connectivity index (χ1v) is 9.72. The van der Waals surface area contributed by atoms with Crippen LogP contribution in [0.15, 0.2) is 28.7 Å². The summed E-state index contributed by atoms with van der Waals surface area (Å²) in [5, 5.41) is 3.17. The van der Waals surface area contributed by atoms with Crippen molar-refractivity contribution in [3.63, 3.8) is 0 Å².